The second-order valence-corrected chi connectivity index (χ2v) is 5.28. The summed E-state index contributed by atoms with van der Waals surface area (Å²) in [6.07, 6.45) is 4.10. The van der Waals surface area contributed by atoms with Gasteiger partial charge in [-0.15, -0.1) is 0 Å². The number of benzene rings is 1. The van der Waals surface area contributed by atoms with Crippen LogP contribution in [0.1, 0.15) is 43.6 Å². The third-order valence-electron chi connectivity index (χ3n) is 3.88. The Morgan fingerprint density at radius 1 is 1.26 bits per heavy atom. The van der Waals surface area contributed by atoms with E-state index in [1.807, 2.05) is 12.1 Å². The molecular formula is C15H19N3O. The third kappa shape index (κ3) is 2.54. The predicted octanol–water partition coefficient (Wildman–Crippen LogP) is 2.89. The summed E-state index contributed by atoms with van der Waals surface area (Å²) < 4.78 is 5.39. The average molecular weight is 257 g/mol. The molecule has 3 rings (SSSR count). The Kier molecular flexibility index (Phi) is 3.34. The van der Waals surface area contributed by atoms with Crippen LogP contribution in [0.3, 0.4) is 0 Å². The Morgan fingerprint density at radius 3 is 2.68 bits per heavy atom. The molecule has 4 nitrogen and oxygen atoms in total. The summed E-state index contributed by atoms with van der Waals surface area (Å²) in [5.41, 5.74) is 8.25. The van der Waals surface area contributed by atoms with Crippen LogP contribution in [0.25, 0.3) is 11.4 Å². The highest BCUT2D eigenvalue weighted by molar-refractivity contribution is 5.54. The number of nitrogens with two attached hydrogens (primary N) is 1. The molecule has 1 fully saturated rings. The Labute approximate surface area is 113 Å². The minimum absolute atomic E-state index is 0.282. The van der Waals surface area contributed by atoms with Crippen LogP contribution >= 0.6 is 0 Å². The summed E-state index contributed by atoms with van der Waals surface area (Å²) in [7, 11) is 0. The molecule has 1 aliphatic carbocycles. The van der Waals surface area contributed by atoms with Gasteiger partial charge in [0.15, 0.2) is 0 Å². The van der Waals surface area contributed by atoms with Crippen molar-refractivity contribution >= 4 is 0 Å². The zero-order valence-electron chi connectivity index (χ0n) is 11.2. The van der Waals surface area contributed by atoms with Gasteiger partial charge in [-0.05, 0) is 31.2 Å². The minimum Gasteiger partial charge on any atom is -0.339 e. The highest BCUT2D eigenvalue weighted by atomic mass is 16.5. The van der Waals surface area contributed by atoms with E-state index in [0.717, 1.165) is 37.1 Å². The molecule has 2 N–H and O–H groups in total. The summed E-state index contributed by atoms with van der Waals surface area (Å²) in [6.45, 7) is 2.14. The van der Waals surface area contributed by atoms with Crippen molar-refractivity contribution in [3.8, 4) is 11.4 Å². The molecule has 0 bridgehead atoms. The van der Waals surface area contributed by atoms with Crippen LogP contribution in [0.15, 0.2) is 28.8 Å². The third-order valence-corrected chi connectivity index (χ3v) is 3.88. The maximum Gasteiger partial charge on any atom is 0.230 e. The van der Waals surface area contributed by atoms with Gasteiger partial charge in [0.2, 0.25) is 11.7 Å². The van der Waals surface area contributed by atoms with Gasteiger partial charge < -0.3 is 10.3 Å². The predicted molar refractivity (Wildman–Crippen MR) is 73.7 cm³/mol. The monoisotopic (exact) mass is 257 g/mol. The van der Waals surface area contributed by atoms with Crippen molar-refractivity contribution < 1.29 is 4.52 Å². The van der Waals surface area contributed by atoms with Crippen molar-refractivity contribution in [3.63, 3.8) is 0 Å². The molecule has 19 heavy (non-hydrogen) atoms. The van der Waals surface area contributed by atoms with Gasteiger partial charge in [-0.25, -0.2) is 0 Å². The Morgan fingerprint density at radius 2 is 2.05 bits per heavy atom. The highest BCUT2D eigenvalue weighted by Crippen LogP contribution is 2.33. The van der Waals surface area contributed by atoms with E-state index in [1.165, 1.54) is 5.56 Å². The molecule has 0 saturated heterocycles. The lowest BCUT2D eigenvalue weighted by Gasteiger charge is -2.01. The van der Waals surface area contributed by atoms with Gasteiger partial charge in [0.05, 0.1) is 0 Å². The maximum atomic E-state index is 5.92. The molecule has 2 unspecified atom stereocenters. The number of hydrogen-bond donors (Lipinski definition) is 1. The van der Waals surface area contributed by atoms with Gasteiger partial charge in [0, 0.05) is 17.5 Å². The van der Waals surface area contributed by atoms with E-state index < -0.39 is 0 Å². The van der Waals surface area contributed by atoms with Gasteiger partial charge in [-0.2, -0.15) is 4.98 Å². The molecule has 1 aromatic heterocycles. The molecule has 1 heterocycles. The van der Waals surface area contributed by atoms with Crippen LogP contribution in [0.4, 0.5) is 0 Å². The molecular weight excluding hydrogens is 238 g/mol. The summed E-state index contributed by atoms with van der Waals surface area (Å²) in [5, 5.41) is 4.08. The Hall–Kier alpha value is -1.68. The SMILES string of the molecule is CCc1ccc(-c2noc(C3CCC(N)C3)n2)cc1. The topological polar surface area (TPSA) is 64.9 Å². The molecule has 100 valence electrons. The van der Waals surface area contributed by atoms with E-state index in [1.54, 1.807) is 0 Å². The fourth-order valence-electron chi connectivity index (χ4n) is 2.65. The number of hydrogen-bond acceptors (Lipinski definition) is 4. The van der Waals surface area contributed by atoms with Crippen LogP contribution in [-0.2, 0) is 6.42 Å². The second-order valence-electron chi connectivity index (χ2n) is 5.28. The molecule has 0 spiro atoms. The molecule has 4 heteroatoms. The Balaban J connectivity index is 1.80. The number of nitrogens with zero attached hydrogens (tertiary/aromatic N) is 2. The van der Waals surface area contributed by atoms with Gasteiger partial charge in [-0.3, -0.25) is 0 Å². The van der Waals surface area contributed by atoms with Crippen LogP contribution in [0.5, 0.6) is 0 Å². The second kappa shape index (κ2) is 5.13. The molecule has 0 radical (unpaired) electrons. The lowest BCUT2D eigenvalue weighted by molar-refractivity contribution is 0.353. The van der Waals surface area contributed by atoms with Gasteiger partial charge in [0.1, 0.15) is 0 Å². The van der Waals surface area contributed by atoms with Crippen molar-refractivity contribution in [1.29, 1.82) is 0 Å². The minimum atomic E-state index is 0.282. The first kappa shape index (κ1) is 12.4. The van der Waals surface area contributed by atoms with E-state index in [9.17, 15) is 0 Å². The van der Waals surface area contributed by atoms with Crippen molar-refractivity contribution in [3.05, 3.63) is 35.7 Å². The molecule has 0 aliphatic heterocycles. The largest absolute Gasteiger partial charge is 0.339 e. The van der Waals surface area contributed by atoms with Crippen LogP contribution in [0.2, 0.25) is 0 Å². The first-order valence-electron chi connectivity index (χ1n) is 6.94. The maximum absolute atomic E-state index is 5.92. The summed E-state index contributed by atoms with van der Waals surface area (Å²) in [5.74, 6) is 1.76. The lowest BCUT2D eigenvalue weighted by atomic mass is 10.1. The van der Waals surface area contributed by atoms with Gasteiger partial charge in [0.25, 0.3) is 0 Å². The molecule has 1 aliphatic rings. The number of aryl methyl sites for hydroxylation is 1. The Bertz CT molecular complexity index is 547. The van der Waals surface area contributed by atoms with E-state index >= 15 is 0 Å². The molecule has 1 saturated carbocycles. The normalized spacial score (nSPS) is 22.8. The first-order chi connectivity index (χ1) is 9.26. The smallest absolute Gasteiger partial charge is 0.230 e. The van der Waals surface area contributed by atoms with Crippen LogP contribution in [0, 0.1) is 0 Å². The fraction of sp³-hybridized carbons (Fsp3) is 0.467. The molecule has 2 aromatic rings. The molecule has 2 atom stereocenters. The fourth-order valence-corrected chi connectivity index (χ4v) is 2.65. The van der Waals surface area contributed by atoms with Crippen LogP contribution < -0.4 is 5.73 Å². The molecule has 1 aromatic carbocycles. The zero-order chi connectivity index (χ0) is 13.2. The average Bonchev–Trinajstić information content (AvgIpc) is 3.07. The van der Waals surface area contributed by atoms with Crippen molar-refractivity contribution in [2.75, 3.05) is 0 Å². The summed E-state index contributed by atoms with van der Waals surface area (Å²) in [6, 6.07) is 8.60. The standard InChI is InChI=1S/C15H19N3O/c1-2-10-3-5-11(6-4-10)14-17-15(19-18-14)12-7-8-13(16)9-12/h3-6,12-13H,2,7-9,16H2,1H3. The zero-order valence-corrected chi connectivity index (χ0v) is 11.2. The summed E-state index contributed by atoms with van der Waals surface area (Å²) in [4.78, 5) is 4.52. The number of aromatic nitrogens is 2. The van der Waals surface area contributed by atoms with E-state index in [0.29, 0.717) is 11.7 Å². The first-order valence-corrected chi connectivity index (χ1v) is 6.94. The van der Waals surface area contributed by atoms with Crippen molar-refractivity contribution in [1.82, 2.24) is 10.1 Å². The van der Waals surface area contributed by atoms with E-state index in [-0.39, 0.29) is 6.04 Å². The quantitative estimate of drug-likeness (QED) is 0.918. The van der Waals surface area contributed by atoms with E-state index in [4.69, 9.17) is 10.3 Å². The summed E-state index contributed by atoms with van der Waals surface area (Å²) >= 11 is 0. The van der Waals surface area contributed by atoms with E-state index in [2.05, 4.69) is 29.2 Å². The molecule has 0 amide bonds. The van der Waals surface area contributed by atoms with Gasteiger partial charge >= 0.3 is 0 Å². The van der Waals surface area contributed by atoms with Crippen molar-refractivity contribution in [2.24, 2.45) is 5.73 Å². The van der Waals surface area contributed by atoms with Crippen LogP contribution in [-0.4, -0.2) is 16.2 Å². The number of rotatable bonds is 3. The van der Waals surface area contributed by atoms with Gasteiger partial charge in [-0.1, -0.05) is 36.3 Å². The highest BCUT2D eigenvalue weighted by Gasteiger charge is 2.27. The lowest BCUT2D eigenvalue weighted by Crippen LogP contribution is -2.14. The van der Waals surface area contributed by atoms with Crippen molar-refractivity contribution in [2.45, 2.75) is 44.6 Å².